The van der Waals surface area contributed by atoms with Gasteiger partial charge in [-0.05, 0) is 26.0 Å². The number of amides is 3. The van der Waals surface area contributed by atoms with Gasteiger partial charge in [0.1, 0.15) is 6.54 Å². The van der Waals surface area contributed by atoms with E-state index in [1.807, 2.05) is 19.1 Å². The molecule has 0 radical (unpaired) electrons. The Hall–Kier alpha value is -3.28. The molecule has 0 fully saturated rings. The average Bonchev–Trinajstić information content (AvgIpc) is 2.92. The average molecular weight is 364 g/mol. The third-order valence-electron chi connectivity index (χ3n) is 4.86. The lowest BCUT2D eigenvalue weighted by Crippen LogP contribution is -2.46. The summed E-state index contributed by atoms with van der Waals surface area (Å²) in [4.78, 5) is 52.2. The Labute approximate surface area is 157 Å². The Balaban J connectivity index is 1.71. The largest absolute Gasteiger partial charge is 0.334 e. The van der Waals surface area contributed by atoms with E-state index in [9.17, 15) is 19.2 Å². The van der Waals surface area contributed by atoms with Gasteiger partial charge in [0.15, 0.2) is 5.78 Å². The van der Waals surface area contributed by atoms with Crippen molar-refractivity contribution in [2.75, 3.05) is 13.6 Å². The van der Waals surface area contributed by atoms with E-state index in [1.165, 1.54) is 11.9 Å². The Morgan fingerprint density at radius 1 is 0.963 bits per heavy atom. The molecule has 0 N–H and O–H groups in total. The number of aryl methyl sites for hydroxylation is 1. The highest BCUT2D eigenvalue weighted by Gasteiger charge is 2.37. The Morgan fingerprint density at radius 3 is 2.00 bits per heavy atom. The molecular formula is C21H20N2O4. The summed E-state index contributed by atoms with van der Waals surface area (Å²) >= 11 is 0. The van der Waals surface area contributed by atoms with Crippen LogP contribution in [0.2, 0.25) is 0 Å². The van der Waals surface area contributed by atoms with Gasteiger partial charge in [0.25, 0.3) is 11.8 Å². The van der Waals surface area contributed by atoms with E-state index < -0.39 is 30.3 Å². The molecule has 0 spiro atoms. The lowest BCUT2D eigenvalue weighted by atomic mass is 10.0. The van der Waals surface area contributed by atoms with Gasteiger partial charge in [0.05, 0.1) is 17.2 Å². The molecule has 0 bridgehead atoms. The molecule has 1 aliphatic heterocycles. The molecule has 1 aliphatic rings. The molecule has 1 atom stereocenters. The molecule has 2 aromatic carbocycles. The first-order valence-corrected chi connectivity index (χ1v) is 8.63. The van der Waals surface area contributed by atoms with Crippen LogP contribution in [0.5, 0.6) is 0 Å². The first kappa shape index (κ1) is 18.5. The summed E-state index contributed by atoms with van der Waals surface area (Å²) in [5.74, 6) is -1.66. The van der Waals surface area contributed by atoms with Gasteiger partial charge in [0.2, 0.25) is 5.91 Å². The van der Waals surface area contributed by atoms with Crippen LogP contribution in [0.4, 0.5) is 0 Å². The van der Waals surface area contributed by atoms with E-state index >= 15 is 0 Å². The predicted molar refractivity (Wildman–Crippen MR) is 99.6 cm³/mol. The Kier molecular flexibility index (Phi) is 4.90. The van der Waals surface area contributed by atoms with E-state index in [0.717, 1.165) is 10.5 Å². The zero-order chi connectivity index (χ0) is 19.7. The van der Waals surface area contributed by atoms with Crippen molar-refractivity contribution in [3.05, 3.63) is 70.8 Å². The topological polar surface area (TPSA) is 74.8 Å². The van der Waals surface area contributed by atoms with Crippen LogP contribution in [-0.4, -0.2) is 52.9 Å². The maximum atomic E-state index is 12.6. The summed E-state index contributed by atoms with van der Waals surface area (Å²) < 4.78 is 0. The van der Waals surface area contributed by atoms with Crippen molar-refractivity contribution < 1.29 is 19.2 Å². The number of Topliss-reactive ketones (excluding diaryl/α,β-unsaturated/α-hetero) is 1. The van der Waals surface area contributed by atoms with E-state index in [0.29, 0.717) is 16.7 Å². The lowest BCUT2D eigenvalue weighted by molar-refractivity contribution is -0.131. The molecule has 0 saturated carbocycles. The minimum Gasteiger partial charge on any atom is -0.334 e. The first-order chi connectivity index (χ1) is 12.8. The van der Waals surface area contributed by atoms with Gasteiger partial charge in [-0.3, -0.25) is 24.1 Å². The highest BCUT2D eigenvalue weighted by molar-refractivity contribution is 6.22. The second-order valence-corrected chi connectivity index (χ2v) is 6.65. The van der Waals surface area contributed by atoms with Crippen molar-refractivity contribution in [1.82, 2.24) is 9.80 Å². The van der Waals surface area contributed by atoms with Gasteiger partial charge in [-0.25, -0.2) is 0 Å². The summed E-state index contributed by atoms with van der Waals surface area (Å²) in [7, 11) is 1.50. The Bertz CT molecular complexity index is 898. The van der Waals surface area contributed by atoms with Gasteiger partial charge < -0.3 is 4.90 Å². The van der Waals surface area contributed by atoms with E-state index in [2.05, 4.69) is 0 Å². The number of hydrogen-bond donors (Lipinski definition) is 0. The number of nitrogens with zero attached hydrogens (tertiary/aromatic N) is 2. The second-order valence-electron chi connectivity index (χ2n) is 6.65. The number of hydrogen-bond acceptors (Lipinski definition) is 4. The van der Waals surface area contributed by atoms with E-state index in [1.54, 1.807) is 43.3 Å². The van der Waals surface area contributed by atoms with Gasteiger partial charge in [-0.2, -0.15) is 0 Å². The van der Waals surface area contributed by atoms with Gasteiger partial charge >= 0.3 is 0 Å². The molecule has 1 unspecified atom stereocenters. The fraction of sp³-hybridized carbons (Fsp3) is 0.238. The molecule has 27 heavy (non-hydrogen) atoms. The lowest BCUT2D eigenvalue weighted by Gasteiger charge is -2.26. The van der Waals surface area contributed by atoms with Crippen LogP contribution in [0.3, 0.4) is 0 Å². The number of rotatable bonds is 5. The number of carbonyl (C=O) groups excluding carboxylic acids is 4. The molecule has 1 heterocycles. The number of imide groups is 1. The molecule has 3 rings (SSSR count). The van der Waals surface area contributed by atoms with Crippen molar-refractivity contribution >= 4 is 23.5 Å². The minimum absolute atomic E-state index is 0.201. The molecular weight excluding hydrogens is 344 g/mol. The van der Waals surface area contributed by atoms with Gasteiger partial charge in [-0.1, -0.05) is 42.0 Å². The van der Waals surface area contributed by atoms with Crippen molar-refractivity contribution in [2.45, 2.75) is 19.9 Å². The first-order valence-electron chi connectivity index (χ1n) is 8.63. The third kappa shape index (κ3) is 3.38. The van der Waals surface area contributed by atoms with E-state index in [-0.39, 0.29) is 5.78 Å². The number of ketones is 1. The monoisotopic (exact) mass is 364 g/mol. The van der Waals surface area contributed by atoms with Crippen molar-refractivity contribution in [1.29, 1.82) is 0 Å². The van der Waals surface area contributed by atoms with Crippen molar-refractivity contribution in [2.24, 2.45) is 0 Å². The minimum atomic E-state index is -0.713. The normalized spacial score (nSPS) is 14.1. The SMILES string of the molecule is Cc1ccc(C(=O)C(C)N(C)C(=O)CN2C(=O)c3ccccc3C2=O)cc1. The molecule has 6 nitrogen and oxygen atoms in total. The predicted octanol–water partition coefficient (Wildman–Crippen LogP) is 2.32. The summed E-state index contributed by atoms with van der Waals surface area (Å²) in [6.07, 6.45) is 0. The van der Waals surface area contributed by atoms with Crippen molar-refractivity contribution in [3.63, 3.8) is 0 Å². The third-order valence-corrected chi connectivity index (χ3v) is 4.86. The number of benzene rings is 2. The molecule has 0 aromatic heterocycles. The second kappa shape index (κ2) is 7.15. The Morgan fingerprint density at radius 2 is 1.48 bits per heavy atom. The summed E-state index contributed by atoms with van der Waals surface area (Å²) in [5, 5.41) is 0. The number of carbonyl (C=O) groups is 4. The van der Waals surface area contributed by atoms with Crippen LogP contribution in [0.25, 0.3) is 0 Å². The van der Waals surface area contributed by atoms with Crippen LogP contribution in [0.15, 0.2) is 48.5 Å². The van der Waals surface area contributed by atoms with Crippen LogP contribution in [-0.2, 0) is 4.79 Å². The quantitative estimate of drug-likeness (QED) is 0.603. The van der Waals surface area contributed by atoms with Crippen LogP contribution in [0, 0.1) is 6.92 Å². The zero-order valence-electron chi connectivity index (χ0n) is 15.4. The van der Waals surface area contributed by atoms with Crippen LogP contribution >= 0.6 is 0 Å². The smallest absolute Gasteiger partial charge is 0.262 e. The summed E-state index contributed by atoms with van der Waals surface area (Å²) in [6.45, 7) is 3.16. The van der Waals surface area contributed by atoms with E-state index in [4.69, 9.17) is 0 Å². The fourth-order valence-corrected chi connectivity index (χ4v) is 2.98. The maximum Gasteiger partial charge on any atom is 0.262 e. The molecule has 6 heteroatoms. The molecule has 138 valence electrons. The standard InChI is InChI=1S/C21H20N2O4/c1-13-8-10-15(11-9-13)19(25)14(2)22(3)18(24)12-23-20(26)16-6-4-5-7-17(16)21(23)27/h4-11,14H,12H2,1-3H3. The maximum absolute atomic E-state index is 12.6. The molecule has 2 aromatic rings. The van der Waals surface area contributed by atoms with Gasteiger partial charge in [-0.15, -0.1) is 0 Å². The highest BCUT2D eigenvalue weighted by atomic mass is 16.2. The fourth-order valence-electron chi connectivity index (χ4n) is 2.98. The highest BCUT2D eigenvalue weighted by Crippen LogP contribution is 2.22. The zero-order valence-corrected chi connectivity index (χ0v) is 15.4. The molecule has 0 saturated heterocycles. The van der Waals surface area contributed by atoms with Crippen molar-refractivity contribution in [3.8, 4) is 0 Å². The molecule has 0 aliphatic carbocycles. The van der Waals surface area contributed by atoms with Crippen LogP contribution in [0.1, 0.15) is 43.6 Å². The summed E-state index contributed by atoms with van der Waals surface area (Å²) in [6, 6.07) is 12.9. The van der Waals surface area contributed by atoms with Crippen LogP contribution < -0.4 is 0 Å². The van der Waals surface area contributed by atoms with Gasteiger partial charge in [0, 0.05) is 12.6 Å². The molecule has 3 amide bonds. The number of fused-ring (bicyclic) bond motifs is 1. The number of likely N-dealkylation sites (N-methyl/N-ethyl adjacent to an activating group) is 1. The summed E-state index contributed by atoms with van der Waals surface area (Å²) in [5.41, 5.74) is 2.13.